The van der Waals surface area contributed by atoms with Crippen molar-refractivity contribution in [2.45, 2.75) is 44.8 Å². The first-order valence-electron chi connectivity index (χ1n) is 6.74. The number of methoxy groups -OCH3 is 1. The number of piperidine rings is 1. The lowest BCUT2D eigenvalue weighted by molar-refractivity contribution is -0.136. The highest BCUT2D eigenvalue weighted by molar-refractivity contribution is 5.76. The van der Waals surface area contributed by atoms with E-state index >= 15 is 0 Å². The van der Waals surface area contributed by atoms with E-state index in [-0.39, 0.29) is 12.0 Å². The van der Waals surface area contributed by atoms with E-state index < -0.39 is 0 Å². The van der Waals surface area contributed by atoms with Crippen molar-refractivity contribution in [3.8, 4) is 0 Å². The quantitative estimate of drug-likeness (QED) is 0.780. The van der Waals surface area contributed by atoms with Crippen molar-refractivity contribution in [3.05, 3.63) is 0 Å². The van der Waals surface area contributed by atoms with Crippen LogP contribution < -0.4 is 5.32 Å². The Morgan fingerprint density at radius 1 is 1.41 bits per heavy atom. The van der Waals surface area contributed by atoms with Gasteiger partial charge in [-0.25, -0.2) is 0 Å². The molecule has 2 rings (SSSR count). The average molecular weight is 240 g/mol. The van der Waals surface area contributed by atoms with Crippen molar-refractivity contribution in [1.82, 2.24) is 10.2 Å². The smallest absolute Gasteiger partial charge is 0.223 e. The molecule has 2 atom stereocenters. The van der Waals surface area contributed by atoms with Crippen molar-refractivity contribution in [1.29, 1.82) is 0 Å². The summed E-state index contributed by atoms with van der Waals surface area (Å²) in [6.07, 6.45) is 4.45. The number of carbonyl (C=O) groups is 1. The molecule has 4 heteroatoms. The lowest BCUT2D eigenvalue weighted by atomic mass is 9.95. The van der Waals surface area contributed by atoms with E-state index in [1.165, 1.54) is 12.8 Å². The molecule has 2 aliphatic rings. The van der Waals surface area contributed by atoms with Gasteiger partial charge in [0.1, 0.15) is 0 Å². The SMILES string of the molecule is COC1CN(C(=O)CCNC2CC2)CCC1C. The predicted molar refractivity (Wildman–Crippen MR) is 66.8 cm³/mol. The molecule has 1 saturated heterocycles. The third-order valence-corrected chi connectivity index (χ3v) is 3.89. The summed E-state index contributed by atoms with van der Waals surface area (Å²) in [6.45, 7) is 4.68. The minimum Gasteiger partial charge on any atom is -0.379 e. The monoisotopic (exact) mass is 240 g/mol. The molecular formula is C13H24N2O2. The number of hydrogen-bond acceptors (Lipinski definition) is 3. The van der Waals surface area contributed by atoms with Crippen molar-refractivity contribution in [3.63, 3.8) is 0 Å². The highest BCUT2D eigenvalue weighted by Gasteiger charge is 2.28. The number of nitrogens with one attached hydrogen (secondary N) is 1. The molecule has 1 amide bonds. The summed E-state index contributed by atoms with van der Waals surface area (Å²) in [7, 11) is 1.74. The number of rotatable bonds is 5. The van der Waals surface area contributed by atoms with Gasteiger partial charge in [-0.15, -0.1) is 0 Å². The summed E-state index contributed by atoms with van der Waals surface area (Å²) in [4.78, 5) is 14.0. The van der Waals surface area contributed by atoms with E-state index in [0.717, 1.165) is 26.1 Å². The van der Waals surface area contributed by atoms with Gasteiger partial charge < -0.3 is 15.0 Å². The van der Waals surface area contributed by atoms with E-state index in [2.05, 4.69) is 12.2 Å². The van der Waals surface area contributed by atoms with Gasteiger partial charge in [-0.2, -0.15) is 0 Å². The Labute approximate surface area is 104 Å². The van der Waals surface area contributed by atoms with Crippen LogP contribution in [0.4, 0.5) is 0 Å². The van der Waals surface area contributed by atoms with Crippen molar-refractivity contribution >= 4 is 5.91 Å². The second-order valence-corrected chi connectivity index (χ2v) is 5.36. The third kappa shape index (κ3) is 3.68. The molecule has 2 unspecified atom stereocenters. The average Bonchev–Trinajstić information content (AvgIpc) is 3.13. The first-order valence-corrected chi connectivity index (χ1v) is 6.74. The van der Waals surface area contributed by atoms with Gasteiger partial charge in [0.15, 0.2) is 0 Å². The number of nitrogens with zero attached hydrogens (tertiary/aromatic N) is 1. The zero-order chi connectivity index (χ0) is 12.3. The largest absolute Gasteiger partial charge is 0.379 e. The molecule has 0 aromatic rings. The van der Waals surface area contributed by atoms with Crippen LogP contribution in [0.5, 0.6) is 0 Å². The third-order valence-electron chi connectivity index (χ3n) is 3.89. The Bertz CT molecular complexity index is 266. The van der Waals surface area contributed by atoms with E-state index in [1.54, 1.807) is 7.11 Å². The molecule has 1 N–H and O–H groups in total. The maximum Gasteiger partial charge on any atom is 0.223 e. The predicted octanol–water partition coefficient (Wildman–Crippen LogP) is 1.01. The molecule has 0 aromatic heterocycles. The Kier molecular flexibility index (Phi) is 4.40. The molecular weight excluding hydrogens is 216 g/mol. The molecule has 0 radical (unpaired) electrons. The number of amides is 1. The molecule has 1 heterocycles. The number of carbonyl (C=O) groups excluding carboxylic acids is 1. The van der Waals surface area contributed by atoms with Crippen LogP contribution in [-0.4, -0.2) is 49.7 Å². The molecule has 0 aromatic carbocycles. The molecule has 17 heavy (non-hydrogen) atoms. The van der Waals surface area contributed by atoms with Gasteiger partial charge in [-0.3, -0.25) is 4.79 Å². The second-order valence-electron chi connectivity index (χ2n) is 5.36. The summed E-state index contributed by atoms with van der Waals surface area (Å²) in [5, 5.41) is 3.38. The molecule has 98 valence electrons. The fourth-order valence-corrected chi connectivity index (χ4v) is 2.40. The van der Waals surface area contributed by atoms with Gasteiger partial charge in [0.2, 0.25) is 5.91 Å². The topological polar surface area (TPSA) is 41.6 Å². The van der Waals surface area contributed by atoms with Crippen molar-refractivity contribution in [2.75, 3.05) is 26.7 Å². The highest BCUT2D eigenvalue weighted by Crippen LogP contribution is 2.20. The number of ether oxygens (including phenoxy) is 1. The zero-order valence-electron chi connectivity index (χ0n) is 10.9. The maximum absolute atomic E-state index is 12.0. The highest BCUT2D eigenvalue weighted by atomic mass is 16.5. The summed E-state index contributed by atoms with van der Waals surface area (Å²) in [5.74, 6) is 0.834. The normalized spacial score (nSPS) is 29.4. The van der Waals surface area contributed by atoms with E-state index in [4.69, 9.17) is 4.74 Å². The van der Waals surface area contributed by atoms with Crippen LogP contribution in [0.15, 0.2) is 0 Å². The Balaban J connectivity index is 1.70. The standard InChI is InChI=1S/C13H24N2O2/c1-10-6-8-15(9-12(10)17-2)13(16)5-7-14-11-3-4-11/h10-12,14H,3-9H2,1-2H3. The maximum atomic E-state index is 12.0. The van der Waals surface area contributed by atoms with E-state index in [1.807, 2.05) is 4.90 Å². The number of likely N-dealkylation sites (tertiary alicyclic amines) is 1. The van der Waals surface area contributed by atoms with Crippen molar-refractivity contribution in [2.24, 2.45) is 5.92 Å². The van der Waals surface area contributed by atoms with Crippen LogP contribution in [0.25, 0.3) is 0 Å². The zero-order valence-corrected chi connectivity index (χ0v) is 10.9. The van der Waals surface area contributed by atoms with Crippen LogP contribution in [0.3, 0.4) is 0 Å². The van der Waals surface area contributed by atoms with Crippen LogP contribution in [0, 0.1) is 5.92 Å². The summed E-state index contributed by atoms with van der Waals surface area (Å²) in [5.41, 5.74) is 0. The van der Waals surface area contributed by atoms with Crippen LogP contribution in [0.1, 0.15) is 32.6 Å². The molecule has 0 spiro atoms. The second kappa shape index (κ2) is 5.83. The summed E-state index contributed by atoms with van der Waals surface area (Å²) >= 11 is 0. The molecule has 1 aliphatic carbocycles. The summed E-state index contributed by atoms with van der Waals surface area (Å²) in [6, 6.07) is 0.691. The molecule has 0 bridgehead atoms. The lowest BCUT2D eigenvalue weighted by Gasteiger charge is -2.36. The molecule has 1 aliphatic heterocycles. The fourth-order valence-electron chi connectivity index (χ4n) is 2.40. The minimum atomic E-state index is 0.212. The minimum absolute atomic E-state index is 0.212. The Morgan fingerprint density at radius 2 is 2.18 bits per heavy atom. The Hall–Kier alpha value is -0.610. The fraction of sp³-hybridized carbons (Fsp3) is 0.923. The van der Waals surface area contributed by atoms with Gasteiger partial charge in [-0.1, -0.05) is 6.92 Å². The van der Waals surface area contributed by atoms with Gasteiger partial charge in [0.25, 0.3) is 0 Å². The van der Waals surface area contributed by atoms with E-state index in [0.29, 0.717) is 18.4 Å². The van der Waals surface area contributed by atoms with Crippen LogP contribution >= 0.6 is 0 Å². The molecule has 4 nitrogen and oxygen atoms in total. The Morgan fingerprint density at radius 3 is 2.82 bits per heavy atom. The molecule has 2 fully saturated rings. The number of hydrogen-bond donors (Lipinski definition) is 1. The van der Waals surface area contributed by atoms with Gasteiger partial charge in [-0.05, 0) is 25.2 Å². The summed E-state index contributed by atoms with van der Waals surface area (Å²) < 4.78 is 5.43. The van der Waals surface area contributed by atoms with Crippen molar-refractivity contribution < 1.29 is 9.53 Å². The van der Waals surface area contributed by atoms with Crippen LogP contribution in [0.2, 0.25) is 0 Å². The van der Waals surface area contributed by atoms with Crippen LogP contribution in [-0.2, 0) is 9.53 Å². The van der Waals surface area contributed by atoms with Gasteiger partial charge in [0.05, 0.1) is 6.10 Å². The van der Waals surface area contributed by atoms with Gasteiger partial charge >= 0.3 is 0 Å². The first kappa shape index (κ1) is 12.8. The van der Waals surface area contributed by atoms with Gasteiger partial charge in [0, 0.05) is 39.2 Å². The molecule has 1 saturated carbocycles. The van der Waals surface area contributed by atoms with E-state index in [9.17, 15) is 4.79 Å². The lowest BCUT2D eigenvalue weighted by Crippen LogP contribution is -2.47. The first-order chi connectivity index (χ1) is 8.20.